The van der Waals surface area contributed by atoms with E-state index in [-0.39, 0.29) is 23.6 Å². The van der Waals surface area contributed by atoms with E-state index in [1.165, 1.54) is 4.57 Å². The predicted molar refractivity (Wildman–Crippen MR) is 93.7 cm³/mol. The second-order valence-electron chi connectivity index (χ2n) is 6.56. The molecule has 1 amide bonds. The summed E-state index contributed by atoms with van der Waals surface area (Å²) in [7, 11) is 3.30. The normalized spacial score (nSPS) is 20.2. The fraction of sp³-hybridized carbons (Fsp3) is 0.500. The van der Waals surface area contributed by atoms with Gasteiger partial charge in [-0.1, -0.05) is 18.9 Å². The number of methoxy groups -OCH3 is 1. The standard InChI is InChI=1S/C18H24N4O3/c1-22-16(20-21-18(22)24)11-12-6-3-4-9-15(12)19-17(23)13-7-5-8-14(10-13)25-2/h5,7-8,10,12,15H,3-4,6,9,11H2,1-2H3,(H,19,23)(H,21,24)/t12-,15-/m1/s1. The lowest BCUT2D eigenvalue weighted by atomic mass is 9.82. The van der Waals surface area contributed by atoms with Crippen LogP contribution in [0.2, 0.25) is 0 Å². The Labute approximate surface area is 146 Å². The monoisotopic (exact) mass is 344 g/mol. The molecule has 0 saturated heterocycles. The largest absolute Gasteiger partial charge is 0.497 e. The molecular weight excluding hydrogens is 320 g/mol. The number of carbonyl (C=O) groups is 1. The van der Waals surface area contributed by atoms with Crippen LogP contribution < -0.4 is 15.7 Å². The van der Waals surface area contributed by atoms with Crippen molar-refractivity contribution < 1.29 is 9.53 Å². The molecule has 1 saturated carbocycles. The second-order valence-corrected chi connectivity index (χ2v) is 6.56. The molecule has 1 aromatic carbocycles. The number of hydrogen-bond donors (Lipinski definition) is 2. The van der Waals surface area contributed by atoms with Gasteiger partial charge in [-0.15, -0.1) is 0 Å². The summed E-state index contributed by atoms with van der Waals surface area (Å²) in [4.78, 5) is 24.2. The van der Waals surface area contributed by atoms with Gasteiger partial charge in [-0.25, -0.2) is 9.89 Å². The van der Waals surface area contributed by atoms with E-state index in [0.29, 0.717) is 17.7 Å². The van der Waals surface area contributed by atoms with Crippen LogP contribution >= 0.6 is 0 Å². The van der Waals surface area contributed by atoms with Crippen LogP contribution in [-0.2, 0) is 13.5 Å². The zero-order valence-electron chi connectivity index (χ0n) is 14.6. The number of hydrogen-bond acceptors (Lipinski definition) is 4. The molecule has 1 aliphatic rings. The molecule has 3 rings (SSSR count). The van der Waals surface area contributed by atoms with Gasteiger partial charge in [0.05, 0.1) is 7.11 Å². The second kappa shape index (κ2) is 7.55. The Morgan fingerprint density at radius 2 is 2.20 bits per heavy atom. The number of nitrogens with zero attached hydrogens (tertiary/aromatic N) is 2. The first-order chi connectivity index (χ1) is 12.1. The number of H-pyrrole nitrogens is 1. The molecule has 1 fully saturated rings. The van der Waals surface area contributed by atoms with Crippen LogP contribution in [0, 0.1) is 5.92 Å². The van der Waals surface area contributed by atoms with E-state index in [0.717, 1.165) is 31.5 Å². The Morgan fingerprint density at radius 3 is 2.92 bits per heavy atom. The number of aromatic amines is 1. The summed E-state index contributed by atoms with van der Waals surface area (Å²) in [6.07, 6.45) is 4.87. The number of rotatable bonds is 5. The molecule has 7 nitrogen and oxygen atoms in total. The minimum absolute atomic E-state index is 0.0826. The lowest BCUT2D eigenvalue weighted by Gasteiger charge is -2.32. The van der Waals surface area contributed by atoms with Gasteiger partial charge in [-0.2, -0.15) is 5.10 Å². The molecule has 2 N–H and O–H groups in total. The maximum atomic E-state index is 12.6. The smallest absolute Gasteiger partial charge is 0.343 e. The summed E-state index contributed by atoms with van der Waals surface area (Å²) in [5.74, 6) is 1.58. The van der Waals surface area contributed by atoms with Gasteiger partial charge < -0.3 is 10.1 Å². The Hall–Kier alpha value is -2.57. The van der Waals surface area contributed by atoms with Crippen LogP contribution in [-0.4, -0.2) is 33.8 Å². The summed E-state index contributed by atoms with van der Waals surface area (Å²) >= 11 is 0. The summed E-state index contributed by atoms with van der Waals surface area (Å²) in [6.45, 7) is 0. The lowest BCUT2D eigenvalue weighted by Crippen LogP contribution is -2.43. The van der Waals surface area contributed by atoms with Gasteiger partial charge in [-0.05, 0) is 37.0 Å². The topological polar surface area (TPSA) is 89.0 Å². The highest BCUT2D eigenvalue weighted by molar-refractivity contribution is 5.94. The zero-order chi connectivity index (χ0) is 17.8. The maximum absolute atomic E-state index is 12.6. The molecule has 1 aliphatic carbocycles. The van der Waals surface area contributed by atoms with Crippen LogP contribution in [0.1, 0.15) is 41.9 Å². The maximum Gasteiger partial charge on any atom is 0.343 e. The van der Waals surface area contributed by atoms with Crippen molar-refractivity contribution in [2.24, 2.45) is 13.0 Å². The first-order valence-electron chi connectivity index (χ1n) is 8.63. The Morgan fingerprint density at radius 1 is 1.40 bits per heavy atom. The van der Waals surface area contributed by atoms with Crippen molar-refractivity contribution >= 4 is 5.91 Å². The fourth-order valence-corrected chi connectivity index (χ4v) is 3.45. The molecule has 134 valence electrons. The van der Waals surface area contributed by atoms with Crippen LogP contribution in [0.5, 0.6) is 5.75 Å². The number of benzene rings is 1. The van der Waals surface area contributed by atoms with E-state index in [2.05, 4.69) is 15.5 Å². The average Bonchev–Trinajstić information content (AvgIpc) is 2.95. The third kappa shape index (κ3) is 3.92. The molecule has 0 bridgehead atoms. The van der Waals surface area contributed by atoms with Gasteiger partial charge in [0.15, 0.2) is 0 Å². The summed E-state index contributed by atoms with van der Waals surface area (Å²) in [6, 6.07) is 7.24. The molecule has 2 aromatic rings. The number of aromatic nitrogens is 3. The molecule has 1 aromatic heterocycles. The van der Waals surface area contributed by atoms with Crippen molar-refractivity contribution in [2.45, 2.75) is 38.1 Å². The quantitative estimate of drug-likeness (QED) is 0.863. The molecular formula is C18H24N4O3. The third-order valence-corrected chi connectivity index (χ3v) is 4.97. The van der Waals surface area contributed by atoms with E-state index >= 15 is 0 Å². The van der Waals surface area contributed by atoms with Gasteiger partial charge in [0.25, 0.3) is 5.91 Å². The molecule has 25 heavy (non-hydrogen) atoms. The fourth-order valence-electron chi connectivity index (χ4n) is 3.45. The SMILES string of the molecule is COc1cccc(C(=O)N[C@@H]2CCCC[C@@H]2Cc2n[nH]c(=O)n2C)c1. The van der Waals surface area contributed by atoms with Crippen LogP contribution in [0.15, 0.2) is 29.1 Å². The highest BCUT2D eigenvalue weighted by atomic mass is 16.5. The number of amides is 1. The van der Waals surface area contributed by atoms with Gasteiger partial charge in [0.1, 0.15) is 11.6 Å². The van der Waals surface area contributed by atoms with E-state index in [1.54, 1.807) is 26.3 Å². The number of ether oxygens (including phenoxy) is 1. The molecule has 0 unspecified atom stereocenters. The summed E-state index contributed by atoms with van der Waals surface area (Å²) in [5, 5.41) is 9.74. The minimum Gasteiger partial charge on any atom is -0.497 e. The Bertz CT molecular complexity index is 796. The van der Waals surface area contributed by atoms with Gasteiger partial charge in [0, 0.05) is 25.1 Å². The highest BCUT2D eigenvalue weighted by Crippen LogP contribution is 2.27. The van der Waals surface area contributed by atoms with Gasteiger partial charge in [0.2, 0.25) is 0 Å². The van der Waals surface area contributed by atoms with Crippen molar-refractivity contribution in [3.05, 3.63) is 46.1 Å². The molecule has 7 heteroatoms. The van der Waals surface area contributed by atoms with Gasteiger partial charge in [-0.3, -0.25) is 9.36 Å². The highest BCUT2D eigenvalue weighted by Gasteiger charge is 2.28. The molecule has 0 spiro atoms. The molecule has 0 aliphatic heterocycles. The van der Waals surface area contributed by atoms with Crippen molar-refractivity contribution in [3.8, 4) is 5.75 Å². The van der Waals surface area contributed by atoms with Crippen molar-refractivity contribution in [2.75, 3.05) is 7.11 Å². The molecule has 1 heterocycles. The average molecular weight is 344 g/mol. The first-order valence-corrected chi connectivity index (χ1v) is 8.63. The number of nitrogens with one attached hydrogen (secondary N) is 2. The van der Waals surface area contributed by atoms with Crippen molar-refractivity contribution in [3.63, 3.8) is 0 Å². The third-order valence-electron chi connectivity index (χ3n) is 4.97. The van der Waals surface area contributed by atoms with Gasteiger partial charge >= 0.3 is 5.69 Å². The van der Waals surface area contributed by atoms with Crippen molar-refractivity contribution in [1.29, 1.82) is 0 Å². The number of carbonyl (C=O) groups excluding carboxylic acids is 1. The van der Waals surface area contributed by atoms with Crippen LogP contribution in [0.25, 0.3) is 0 Å². The Balaban J connectivity index is 1.71. The Kier molecular flexibility index (Phi) is 5.21. The summed E-state index contributed by atoms with van der Waals surface area (Å²) in [5.41, 5.74) is 0.388. The lowest BCUT2D eigenvalue weighted by molar-refractivity contribution is 0.0904. The van der Waals surface area contributed by atoms with E-state index < -0.39 is 0 Å². The van der Waals surface area contributed by atoms with E-state index in [4.69, 9.17) is 4.74 Å². The van der Waals surface area contributed by atoms with Crippen LogP contribution in [0.3, 0.4) is 0 Å². The zero-order valence-corrected chi connectivity index (χ0v) is 14.6. The molecule has 0 radical (unpaired) electrons. The van der Waals surface area contributed by atoms with Crippen molar-refractivity contribution in [1.82, 2.24) is 20.1 Å². The minimum atomic E-state index is -0.206. The van der Waals surface area contributed by atoms with E-state index in [1.807, 2.05) is 12.1 Å². The first kappa shape index (κ1) is 17.3. The van der Waals surface area contributed by atoms with Crippen LogP contribution in [0.4, 0.5) is 0 Å². The van der Waals surface area contributed by atoms with E-state index in [9.17, 15) is 9.59 Å². The molecule has 2 atom stereocenters. The predicted octanol–water partition coefficient (Wildman–Crippen LogP) is 1.65. The summed E-state index contributed by atoms with van der Waals surface area (Å²) < 4.78 is 6.72.